The quantitative estimate of drug-likeness (QED) is 0.717. The lowest BCUT2D eigenvalue weighted by atomic mass is 10.1. The van der Waals surface area contributed by atoms with Gasteiger partial charge in [-0.05, 0) is 19.1 Å². The summed E-state index contributed by atoms with van der Waals surface area (Å²) >= 11 is 5.80. The van der Waals surface area contributed by atoms with Crippen molar-refractivity contribution in [2.24, 2.45) is 0 Å². The Morgan fingerprint density at radius 1 is 1.29 bits per heavy atom. The highest BCUT2D eigenvalue weighted by Crippen LogP contribution is 2.33. The molecule has 1 atom stereocenters. The Balaban J connectivity index is 2.30. The van der Waals surface area contributed by atoms with Gasteiger partial charge in [0.2, 0.25) is 0 Å². The second-order valence-electron chi connectivity index (χ2n) is 3.67. The molecule has 0 amide bonds. The molecular weight excluding hydrogens is 204 g/mol. The first-order valence-corrected chi connectivity index (χ1v) is 4.72. The van der Waals surface area contributed by atoms with Crippen molar-refractivity contribution >= 4 is 11.6 Å². The summed E-state index contributed by atoms with van der Waals surface area (Å²) in [5.41, 5.74) is -0.953. The fourth-order valence-corrected chi connectivity index (χ4v) is 1.38. The van der Waals surface area contributed by atoms with Crippen LogP contribution in [-0.4, -0.2) is 23.9 Å². The van der Waals surface area contributed by atoms with Gasteiger partial charge in [-0.15, -0.1) is 0 Å². The summed E-state index contributed by atoms with van der Waals surface area (Å²) in [6.07, 6.45) is 0. The molecule has 3 nitrogen and oxygen atoms in total. The molecule has 1 aromatic rings. The van der Waals surface area contributed by atoms with Crippen LogP contribution in [0.4, 0.5) is 0 Å². The average Bonchev–Trinajstić information content (AvgIpc) is 2.26. The monoisotopic (exact) mass is 214 g/mol. The van der Waals surface area contributed by atoms with Crippen molar-refractivity contribution in [3.8, 4) is 11.5 Å². The van der Waals surface area contributed by atoms with Gasteiger partial charge >= 0.3 is 0 Å². The number of fused-ring (bicyclic) bond motifs is 1. The zero-order chi connectivity index (χ0) is 10.2. The fourth-order valence-electron chi connectivity index (χ4n) is 1.22. The van der Waals surface area contributed by atoms with Gasteiger partial charge in [0, 0.05) is 11.1 Å². The van der Waals surface area contributed by atoms with Crippen molar-refractivity contribution in [2.45, 2.75) is 12.5 Å². The molecule has 1 aromatic carbocycles. The lowest BCUT2D eigenvalue weighted by molar-refractivity contribution is -0.0121. The topological polar surface area (TPSA) is 38.7 Å². The van der Waals surface area contributed by atoms with Crippen molar-refractivity contribution in [1.82, 2.24) is 0 Å². The van der Waals surface area contributed by atoms with Crippen LogP contribution in [0, 0.1) is 0 Å². The smallest absolute Gasteiger partial charge is 0.162 e. The van der Waals surface area contributed by atoms with E-state index in [0.29, 0.717) is 16.5 Å². The summed E-state index contributed by atoms with van der Waals surface area (Å²) in [5, 5.41) is 10.3. The Hall–Kier alpha value is -0.930. The third-order valence-electron chi connectivity index (χ3n) is 1.98. The Bertz CT molecular complexity index is 349. The second kappa shape index (κ2) is 3.33. The van der Waals surface area contributed by atoms with Crippen molar-refractivity contribution in [1.29, 1.82) is 0 Å². The minimum Gasteiger partial charge on any atom is -0.487 e. The van der Waals surface area contributed by atoms with Crippen LogP contribution in [0.2, 0.25) is 5.02 Å². The summed E-state index contributed by atoms with van der Waals surface area (Å²) in [6.45, 7) is 2.10. The summed E-state index contributed by atoms with van der Waals surface area (Å²) in [5.74, 6) is 1.20. The molecule has 4 heteroatoms. The third kappa shape index (κ3) is 1.94. The van der Waals surface area contributed by atoms with Crippen LogP contribution in [0.15, 0.2) is 18.2 Å². The standard InChI is InChI=1S/C10H11ClO3/c1-10(12)5-13-8-3-2-7(11)4-9(8)14-6-10/h2-4,12H,5-6H2,1H3. The second-order valence-corrected chi connectivity index (χ2v) is 4.10. The maximum absolute atomic E-state index is 9.71. The maximum atomic E-state index is 9.71. The first-order chi connectivity index (χ1) is 6.57. The van der Waals surface area contributed by atoms with Gasteiger partial charge in [-0.3, -0.25) is 0 Å². The zero-order valence-corrected chi connectivity index (χ0v) is 8.54. The highest BCUT2D eigenvalue weighted by molar-refractivity contribution is 6.30. The largest absolute Gasteiger partial charge is 0.487 e. The van der Waals surface area contributed by atoms with E-state index in [9.17, 15) is 5.11 Å². The van der Waals surface area contributed by atoms with E-state index in [2.05, 4.69) is 0 Å². The fraction of sp³-hybridized carbons (Fsp3) is 0.400. The Labute approximate surface area is 87.2 Å². The molecule has 76 valence electrons. The van der Waals surface area contributed by atoms with Crippen LogP contribution in [0.25, 0.3) is 0 Å². The van der Waals surface area contributed by atoms with Gasteiger partial charge in [0.1, 0.15) is 18.8 Å². The highest BCUT2D eigenvalue weighted by Gasteiger charge is 2.27. The molecule has 1 aliphatic heterocycles. The normalized spacial score (nSPS) is 25.6. The Kier molecular flexibility index (Phi) is 2.29. The lowest BCUT2D eigenvalue weighted by Gasteiger charge is -2.18. The van der Waals surface area contributed by atoms with Gasteiger partial charge in [0.05, 0.1) is 0 Å². The summed E-state index contributed by atoms with van der Waals surface area (Å²) in [7, 11) is 0. The number of hydrogen-bond donors (Lipinski definition) is 1. The Morgan fingerprint density at radius 3 is 2.64 bits per heavy atom. The van der Waals surface area contributed by atoms with E-state index < -0.39 is 5.60 Å². The predicted molar refractivity (Wildman–Crippen MR) is 53.1 cm³/mol. The van der Waals surface area contributed by atoms with Crippen molar-refractivity contribution in [2.75, 3.05) is 13.2 Å². The third-order valence-corrected chi connectivity index (χ3v) is 2.22. The van der Waals surface area contributed by atoms with Crippen LogP contribution in [-0.2, 0) is 0 Å². The lowest BCUT2D eigenvalue weighted by Crippen LogP contribution is -2.37. The summed E-state index contributed by atoms with van der Waals surface area (Å²) in [6, 6.07) is 5.14. The SMILES string of the molecule is CC1(O)COc2ccc(Cl)cc2OC1. The summed E-state index contributed by atoms with van der Waals surface area (Å²) < 4.78 is 10.8. The molecule has 0 saturated carbocycles. The molecule has 1 unspecified atom stereocenters. The molecule has 0 saturated heterocycles. The molecule has 0 spiro atoms. The van der Waals surface area contributed by atoms with Gasteiger partial charge in [0.15, 0.2) is 11.5 Å². The summed E-state index contributed by atoms with van der Waals surface area (Å²) in [4.78, 5) is 0. The van der Waals surface area contributed by atoms with Gasteiger partial charge in [-0.1, -0.05) is 11.6 Å². The van der Waals surface area contributed by atoms with Crippen LogP contribution < -0.4 is 9.47 Å². The maximum Gasteiger partial charge on any atom is 0.162 e. The first-order valence-electron chi connectivity index (χ1n) is 4.34. The van der Waals surface area contributed by atoms with Crippen LogP contribution >= 0.6 is 11.6 Å². The zero-order valence-electron chi connectivity index (χ0n) is 7.79. The molecule has 2 rings (SSSR count). The molecule has 1 heterocycles. The molecular formula is C10H11ClO3. The minimum atomic E-state index is -0.953. The number of hydrogen-bond acceptors (Lipinski definition) is 3. The van der Waals surface area contributed by atoms with E-state index in [1.54, 1.807) is 25.1 Å². The van der Waals surface area contributed by atoms with E-state index in [4.69, 9.17) is 21.1 Å². The molecule has 0 fully saturated rings. The number of rotatable bonds is 0. The predicted octanol–water partition coefficient (Wildman–Crippen LogP) is 1.86. The molecule has 0 aromatic heterocycles. The van der Waals surface area contributed by atoms with Gasteiger partial charge in [-0.25, -0.2) is 0 Å². The Morgan fingerprint density at radius 2 is 1.93 bits per heavy atom. The van der Waals surface area contributed by atoms with E-state index in [-0.39, 0.29) is 13.2 Å². The van der Waals surface area contributed by atoms with E-state index in [0.717, 1.165) is 0 Å². The molecule has 14 heavy (non-hydrogen) atoms. The van der Waals surface area contributed by atoms with E-state index in [1.807, 2.05) is 0 Å². The first kappa shape index (κ1) is 9.62. The van der Waals surface area contributed by atoms with Gasteiger partial charge in [-0.2, -0.15) is 0 Å². The minimum absolute atomic E-state index is 0.209. The molecule has 0 bridgehead atoms. The van der Waals surface area contributed by atoms with Crippen molar-refractivity contribution < 1.29 is 14.6 Å². The molecule has 1 N–H and O–H groups in total. The van der Waals surface area contributed by atoms with E-state index in [1.165, 1.54) is 0 Å². The van der Waals surface area contributed by atoms with Crippen molar-refractivity contribution in [3.05, 3.63) is 23.2 Å². The molecule has 1 aliphatic rings. The van der Waals surface area contributed by atoms with Gasteiger partial charge < -0.3 is 14.6 Å². The number of aliphatic hydroxyl groups is 1. The van der Waals surface area contributed by atoms with Crippen LogP contribution in [0.3, 0.4) is 0 Å². The van der Waals surface area contributed by atoms with Crippen LogP contribution in [0.1, 0.15) is 6.92 Å². The average molecular weight is 215 g/mol. The van der Waals surface area contributed by atoms with Gasteiger partial charge in [0.25, 0.3) is 0 Å². The number of ether oxygens (including phenoxy) is 2. The van der Waals surface area contributed by atoms with E-state index >= 15 is 0 Å². The molecule has 0 aliphatic carbocycles. The number of halogens is 1. The number of benzene rings is 1. The molecule has 0 radical (unpaired) electrons. The van der Waals surface area contributed by atoms with Crippen molar-refractivity contribution in [3.63, 3.8) is 0 Å². The highest BCUT2D eigenvalue weighted by atomic mass is 35.5. The van der Waals surface area contributed by atoms with Crippen LogP contribution in [0.5, 0.6) is 11.5 Å².